The van der Waals surface area contributed by atoms with Gasteiger partial charge in [0, 0.05) is 25.7 Å². The van der Waals surface area contributed by atoms with E-state index in [0.29, 0.717) is 24.5 Å². The van der Waals surface area contributed by atoms with Crippen LogP contribution >= 0.6 is 0 Å². The summed E-state index contributed by atoms with van der Waals surface area (Å²) in [6.45, 7) is 0.387. The first kappa shape index (κ1) is 24.6. The Morgan fingerprint density at radius 1 is 1.11 bits per heavy atom. The van der Waals surface area contributed by atoms with Crippen LogP contribution in [0.15, 0.2) is 71.0 Å². The van der Waals surface area contributed by atoms with E-state index in [1.54, 1.807) is 19.2 Å². The molecule has 5 N–H and O–H groups in total. The minimum Gasteiger partial charge on any atom is -0.383 e. The third-order valence-corrected chi connectivity index (χ3v) is 6.23. The summed E-state index contributed by atoms with van der Waals surface area (Å²) in [6.07, 6.45) is -1.04. The van der Waals surface area contributed by atoms with Gasteiger partial charge < -0.3 is 16.4 Å². The largest absolute Gasteiger partial charge is 0.416 e. The summed E-state index contributed by atoms with van der Waals surface area (Å²) in [5.41, 5.74) is 10.5. The molecule has 35 heavy (non-hydrogen) atoms. The molecule has 1 heterocycles. The molecule has 0 radical (unpaired) electrons. The number of alkyl halides is 3. The van der Waals surface area contributed by atoms with Crippen molar-refractivity contribution in [3.63, 3.8) is 0 Å². The van der Waals surface area contributed by atoms with Crippen LogP contribution in [0, 0.1) is 0 Å². The topological polar surface area (TPSA) is 94.8 Å². The van der Waals surface area contributed by atoms with E-state index in [2.05, 4.69) is 21.1 Å². The maximum Gasteiger partial charge on any atom is 0.416 e. The first-order chi connectivity index (χ1) is 16.7. The monoisotopic (exact) mass is 486 g/mol. The molecule has 4 rings (SSSR count). The standard InChI is InChI=1S/C25H29F3N6O/c1-34-24(35)21(22(29)31-18-6-3-2-4-7-18)23(32-19-8-5-9-20(19)33-34)30-15-14-16-10-12-17(13-11-16)25(26,27)28/h2-4,6-7,10-13,19-20,30,32-33H,5,8-9,14-15H2,1H3,(H2,29,31)/t19-,20+/m0/s1. The van der Waals surface area contributed by atoms with E-state index < -0.39 is 11.7 Å². The number of hydrogen-bond donors (Lipinski definition) is 4. The highest BCUT2D eigenvalue weighted by molar-refractivity contribution is 6.21. The van der Waals surface area contributed by atoms with Gasteiger partial charge in [-0.15, -0.1) is 0 Å². The molecule has 0 spiro atoms. The van der Waals surface area contributed by atoms with E-state index in [9.17, 15) is 18.0 Å². The Morgan fingerprint density at radius 3 is 2.49 bits per heavy atom. The second kappa shape index (κ2) is 10.4. The van der Waals surface area contributed by atoms with Crippen molar-refractivity contribution in [1.82, 2.24) is 21.1 Å². The summed E-state index contributed by atoms with van der Waals surface area (Å²) in [4.78, 5) is 17.8. The number of carbonyl (C=O) groups is 1. The van der Waals surface area contributed by atoms with Crippen LogP contribution in [0.1, 0.15) is 30.4 Å². The SMILES string of the molecule is CN1N[C@@H]2CCC[C@@H]2NC(NCCc2ccc(C(F)(F)F)cc2)=C(C(N)=Nc2ccccc2)C1=O. The lowest BCUT2D eigenvalue weighted by Crippen LogP contribution is -2.57. The Bertz CT molecular complexity index is 1100. The molecule has 1 amide bonds. The lowest BCUT2D eigenvalue weighted by molar-refractivity contribution is -0.137. The quantitative estimate of drug-likeness (QED) is 0.372. The van der Waals surface area contributed by atoms with E-state index >= 15 is 0 Å². The number of para-hydroxylation sites is 1. The second-order valence-electron chi connectivity index (χ2n) is 8.74. The molecule has 1 aliphatic carbocycles. The number of likely N-dealkylation sites (N-methyl/N-ethyl adjacent to an activating group) is 1. The number of amidine groups is 1. The predicted octanol–water partition coefficient (Wildman–Crippen LogP) is 3.23. The zero-order valence-corrected chi connectivity index (χ0v) is 19.4. The smallest absolute Gasteiger partial charge is 0.383 e. The Balaban J connectivity index is 1.60. The zero-order chi connectivity index (χ0) is 25.0. The fourth-order valence-electron chi connectivity index (χ4n) is 4.39. The fraction of sp³-hybridized carbons (Fsp3) is 0.360. The van der Waals surface area contributed by atoms with Crippen LogP contribution in [-0.2, 0) is 17.4 Å². The first-order valence-corrected chi connectivity index (χ1v) is 11.6. The minimum atomic E-state index is -4.37. The van der Waals surface area contributed by atoms with Gasteiger partial charge in [-0.05, 0) is 55.5 Å². The lowest BCUT2D eigenvalue weighted by atomic mass is 10.1. The summed E-state index contributed by atoms with van der Waals surface area (Å²) < 4.78 is 38.5. The van der Waals surface area contributed by atoms with Gasteiger partial charge in [-0.1, -0.05) is 30.3 Å². The molecule has 2 aromatic rings. The molecule has 0 unspecified atom stereocenters. The van der Waals surface area contributed by atoms with Gasteiger partial charge in [0.1, 0.15) is 17.2 Å². The van der Waals surface area contributed by atoms with Gasteiger partial charge in [-0.25, -0.2) is 10.4 Å². The number of nitrogens with two attached hydrogens (primary N) is 1. The van der Waals surface area contributed by atoms with Crippen molar-refractivity contribution in [3.8, 4) is 0 Å². The van der Waals surface area contributed by atoms with Crippen LogP contribution in [0.3, 0.4) is 0 Å². The number of amides is 1. The van der Waals surface area contributed by atoms with Gasteiger partial charge in [-0.3, -0.25) is 9.80 Å². The van der Waals surface area contributed by atoms with Crippen LogP contribution in [-0.4, -0.2) is 42.4 Å². The molecule has 0 saturated heterocycles. The number of carbonyl (C=O) groups excluding carboxylic acids is 1. The Kier molecular flexibility index (Phi) is 7.30. The molecule has 0 aromatic heterocycles. The van der Waals surface area contributed by atoms with E-state index in [0.717, 1.165) is 37.0 Å². The van der Waals surface area contributed by atoms with Crippen LogP contribution in [0.2, 0.25) is 0 Å². The summed E-state index contributed by atoms with van der Waals surface area (Å²) in [5.74, 6) is 0.206. The number of fused-ring (bicyclic) bond motifs is 1. The van der Waals surface area contributed by atoms with Crippen LogP contribution in [0.25, 0.3) is 0 Å². The molecule has 1 fully saturated rings. The van der Waals surface area contributed by atoms with Crippen molar-refractivity contribution in [3.05, 3.63) is 77.1 Å². The highest BCUT2D eigenvalue weighted by Crippen LogP contribution is 2.29. The molecular formula is C25H29F3N6O. The van der Waals surface area contributed by atoms with Crippen molar-refractivity contribution in [2.24, 2.45) is 10.7 Å². The van der Waals surface area contributed by atoms with Crippen LogP contribution in [0.5, 0.6) is 0 Å². The molecule has 2 aromatic carbocycles. The van der Waals surface area contributed by atoms with Crippen LogP contribution in [0.4, 0.5) is 18.9 Å². The molecular weight excluding hydrogens is 457 g/mol. The first-order valence-electron chi connectivity index (χ1n) is 11.6. The molecule has 0 bridgehead atoms. The average molecular weight is 487 g/mol. The van der Waals surface area contributed by atoms with E-state index in [-0.39, 0.29) is 29.4 Å². The third kappa shape index (κ3) is 5.94. The van der Waals surface area contributed by atoms with Crippen molar-refractivity contribution in [2.45, 2.75) is 43.9 Å². The normalized spacial score (nSPS) is 21.3. The number of hydrazine groups is 1. The maximum atomic E-state index is 13.4. The molecule has 1 saturated carbocycles. The average Bonchev–Trinajstić information content (AvgIpc) is 3.24. The molecule has 1 aliphatic heterocycles. The molecule has 2 aliphatic rings. The van der Waals surface area contributed by atoms with Gasteiger partial charge in [0.15, 0.2) is 0 Å². The molecule has 186 valence electrons. The lowest BCUT2D eigenvalue weighted by Gasteiger charge is -2.34. The Hall–Kier alpha value is -3.53. The minimum absolute atomic E-state index is 0.0656. The summed E-state index contributed by atoms with van der Waals surface area (Å²) in [7, 11) is 1.67. The number of halogens is 3. The summed E-state index contributed by atoms with van der Waals surface area (Å²) in [5, 5.41) is 8.17. The fourth-order valence-corrected chi connectivity index (χ4v) is 4.39. The number of hydrogen-bond acceptors (Lipinski definition) is 5. The highest BCUT2D eigenvalue weighted by atomic mass is 19.4. The van der Waals surface area contributed by atoms with E-state index in [1.807, 2.05) is 18.2 Å². The maximum absolute atomic E-state index is 13.4. The number of rotatable bonds is 6. The number of nitrogens with one attached hydrogen (secondary N) is 3. The number of aliphatic imine (C=N–C) groups is 1. The number of nitrogens with zero attached hydrogens (tertiary/aromatic N) is 2. The van der Waals surface area contributed by atoms with Crippen molar-refractivity contribution in [2.75, 3.05) is 13.6 Å². The Morgan fingerprint density at radius 2 is 1.80 bits per heavy atom. The molecule has 10 heteroatoms. The summed E-state index contributed by atoms with van der Waals surface area (Å²) >= 11 is 0. The van der Waals surface area contributed by atoms with Crippen molar-refractivity contribution >= 4 is 17.4 Å². The van der Waals surface area contributed by atoms with E-state index in [4.69, 9.17) is 5.73 Å². The van der Waals surface area contributed by atoms with Crippen molar-refractivity contribution in [1.29, 1.82) is 0 Å². The molecule has 2 atom stereocenters. The van der Waals surface area contributed by atoms with Gasteiger partial charge in [0.2, 0.25) is 0 Å². The van der Waals surface area contributed by atoms with Gasteiger partial charge in [-0.2, -0.15) is 13.2 Å². The van der Waals surface area contributed by atoms with Gasteiger partial charge in [0.25, 0.3) is 5.91 Å². The summed E-state index contributed by atoms with van der Waals surface area (Å²) in [6, 6.07) is 14.4. The number of benzene rings is 2. The third-order valence-electron chi connectivity index (χ3n) is 6.23. The van der Waals surface area contributed by atoms with Gasteiger partial charge >= 0.3 is 6.18 Å². The van der Waals surface area contributed by atoms with Gasteiger partial charge in [0.05, 0.1) is 11.3 Å². The van der Waals surface area contributed by atoms with Crippen molar-refractivity contribution < 1.29 is 18.0 Å². The van der Waals surface area contributed by atoms with E-state index in [1.165, 1.54) is 17.1 Å². The predicted molar refractivity (Wildman–Crippen MR) is 128 cm³/mol. The molecule has 7 nitrogen and oxygen atoms in total. The second-order valence-corrected chi connectivity index (χ2v) is 8.74. The van der Waals surface area contributed by atoms with Crippen LogP contribution < -0.4 is 21.8 Å². The Labute approximate surface area is 202 Å². The zero-order valence-electron chi connectivity index (χ0n) is 19.4. The highest BCUT2D eigenvalue weighted by Gasteiger charge is 2.35.